The van der Waals surface area contributed by atoms with Crippen molar-refractivity contribution in [2.75, 3.05) is 0 Å². The highest BCUT2D eigenvalue weighted by molar-refractivity contribution is 4.97. The molecule has 1 aliphatic carbocycles. The molecule has 12 heavy (non-hydrogen) atoms. The van der Waals surface area contributed by atoms with Gasteiger partial charge in [0.15, 0.2) is 0 Å². The van der Waals surface area contributed by atoms with Crippen molar-refractivity contribution in [2.24, 2.45) is 11.8 Å². The van der Waals surface area contributed by atoms with Gasteiger partial charge in [-0.25, -0.2) is 0 Å². The van der Waals surface area contributed by atoms with Gasteiger partial charge < -0.3 is 0 Å². The van der Waals surface area contributed by atoms with E-state index in [9.17, 15) is 0 Å². The minimum absolute atomic E-state index is 0.844. The lowest BCUT2D eigenvalue weighted by Gasteiger charge is -2.26. The normalized spacial score (nSPS) is 28.7. The van der Waals surface area contributed by atoms with Crippen molar-refractivity contribution in [3.05, 3.63) is 12.2 Å². The lowest BCUT2D eigenvalue weighted by atomic mass is 9.80. The van der Waals surface area contributed by atoms with Crippen molar-refractivity contribution >= 4 is 0 Å². The summed E-state index contributed by atoms with van der Waals surface area (Å²) in [6, 6.07) is 0. The Kier molecular flexibility index (Phi) is 6.14. The summed E-state index contributed by atoms with van der Waals surface area (Å²) in [5, 5.41) is 0. The van der Waals surface area contributed by atoms with Crippen LogP contribution in [0.25, 0.3) is 0 Å². The van der Waals surface area contributed by atoms with Crippen molar-refractivity contribution in [1.29, 1.82) is 0 Å². The highest BCUT2D eigenvalue weighted by Gasteiger charge is 2.17. The molecule has 0 aromatic carbocycles. The molecule has 1 rings (SSSR count). The summed E-state index contributed by atoms with van der Waals surface area (Å²) in [7, 11) is 0. The Bertz CT molecular complexity index is 116. The fourth-order valence-electron chi connectivity index (χ4n) is 1.75. The maximum absolute atomic E-state index is 4.00. The van der Waals surface area contributed by atoms with Crippen LogP contribution in [0.4, 0.5) is 0 Å². The molecule has 0 spiro atoms. The molecule has 0 aromatic heterocycles. The van der Waals surface area contributed by atoms with Crippen molar-refractivity contribution in [3.8, 4) is 0 Å². The molecular weight excluding hydrogens is 144 g/mol. The van der Waals surface area contributed by atoms with E-state index in [2.05, 4.69) is 20.4 Å². The van der Waals surface area contributed by atoms with Crippen LogP contribution in [0.3, 0.4) is 0 Å². The maximum Gasteiger partial charge on any atom is -0.0208 e. The van der Waals surface area contributed by atoms with E-state index >= 15 is 0 Å². The van der Waals surface area contributed by atoms with Gasteiger partial charge in [0.1, 0.15) is 0 Å². The van der Waals surface area contributed by atoms with E-state index in [4.69, 9.17) is 0 Å². The van der Waals surface area contributed by atoms with Crippen LogP contribution in [0.15, 0.2) is 12.2 Å². The minimum Gasteiger partial charge on any atom is -0.0999 e. The molecule has 1 aliphatic rings. The molecule has 0 bridgehead atoms. The lowest BCUT2D eigenvalue weighted by Crippen LogP contribution is -2.12. The van der Waals surface area contributed by atoms with Gasteiger partial charge in [-0.15, -0.1) is 0 Å². The second-order valence-electron chi connectivity index (χ2n) is 3.80. The van der Waals surface area contributed by atoms with Gasteiger partial charge in [0.05, 0.1) is 0 Å². The van der Waals surface area contributed by atoms with Crippen LogP contribution < -0.4 is 0 Å². The molecule has 0 amide bonds. The zero-order valence-corrected chi connectivity index (χ0v) is 9.19. The molecule has 0 aliphatic heterocycles. The van der Waals surface area contributed by atoms with E-state index in [1.54, 1.807) is 0 Å². The molecule has 0 heterocycles. The summed E-state index contributed by atoms with van der Waals surface area (Å²) in [6.45, 7) is 12.5. The van der Waals surface area contributed by atoms with E-state index < -0.39 is 0 Å². The van der Waals surface area contributed by atoms with E-state index in [-0.39, 0.29) is 0 Å². The number of allylic oxidation sites excluding steroid dienone is 1. The second kappa shape index (κ2) is 6.28. The molecule has 0 N–H and O–H groups in total. The van der Waals surface area contributed by atoms with Crippen LogP contribution in [0.1, 0.15) is 53.4 Å². The van der Waals surface area contributed by atoms with Gasteiger partial charge in [0, 0.05) is 0 Å². The van der Waals surface area contributed by atoms with Crippen LogP contribution in [0.5, 0.6) is 0 Å². The molecule has 0 atom stereocenters. The van der Waals surface area contributed by atoms with Crippen molar-refractivity contribution in [2.45, 2.75) is 53.4 Å². The third-order valence-electron chi connectivity index (χ3n) is 2.71. The van der Waals surface area contributed by atoms with E-state index in [1.807, 2.05) is 13.8 Å². The monoisotopic (exact) mass is 168 g/mol. The van der Waals surface area contributed by atoms with Gasteiger partial charge in [-0.1, -0.05) is 45.8 Å². The largest absolute Gasteiger partial charge is 0.0999 e. The fraction of sp³-hybridized carbons (Fsp3) is 0.833. The topological polar surface area (TPSA) is 0 Å². The minimum atomic E-state index is 0.844. The predicted molar refractivity (Wildman–Crippen MR) is 57.3 cm³/mol. The molecule has 1 fully saturated rings. The summed E-state index contributed by atoms with van der Waals surface area (Å²) < 4.78 is 0. The van der Waals surface area contributed by atoms with Crippen molar-refractivity contribution in [3.63, 3.8) is 0 Å². The molecule has 0 aromatic rings. The Balaban J connectivity index is 0.000000561. The summed E-state index contributed by atoms with van der Waals surface area (Å²) in [6.07, 6.45) is 5.60. The Morgan fingerprint density at radius 1 is 1.08 bits per heavy atom. The van der Waals surface area contributed by atoms with Gasteiger partial charge in [-0.05, 0) is 31.6 Å². The van der Waals surface area contributed by atoms with Crippen molar-refractivity contribution in [1.82, 2.24) is 0 Å². The van der Waals surface area contributed by atoms with Gasteiger partial charge in [-0.2, -0.15) is 0 Å². The van der Waals surface area contributed by atoms with Crippen LogP contribution >= 0.6 is 0 Å². The number of rotatable bonds is 1. The van der Waals surface area contributed by atoms with Gasteiger partial charge in [0.25, 0.3) is 0 Å². The smallest absolute Gasteiger partial charge is 0.0208 e. The standard InChI is InChI=1S/C10H18.C2H6/c1-8(2)10-6-4-9(3)5-7-10;1-2/h9-10H,1,4-7H2,2-3H3;1-2H3. The third-order valence-corrected chi connectivity index (χ3v) is 2.71. The molecule has 0 heteroatoms. The van der Waals surface area contributed by atoms with Crippen LogP contribution in [-0.2, 0) is 0 Å². The Labute approximate surface area is 78.1 Å². The van der Waals surface area contributed by atoms with E-state index in [0.29, 0.717) is 0 Å². The zero-order chi connectivity index (χ0) is 9.56. The Morgan fingerprint density at radius 2 is 1.50 bits per heavy atom. The SMILES string of the molecule is C=C(C)C1CCC(C)CC1.CC. The summed E-state index contributed by atoms with van der Waals surface area (Å²) in [5.74, 6) is 1.81. The predicted octanol–water partition coefficient (Wildman–Crippen LogP) is 4.42. The van der Waals surface area contributed by atoms with Crippen LogP contribution in [0, 0.1) is 11.8 Å². The van der Waals surface area contributed by atoms with E-state index in [1.165, 1.54) is 31.3 Å². The summed E-state index contributed by atoms with van der Waals surface area (Å²) >= 11 is 0. The van der Waals surface area contributed by atoms with Gasteiger partial charge in [0.2, 0.25) is 0 Å². The van der Waals surface area contributed by atoms with Crippen LogP contribution in [0.2, 0.25) is 0 Å². The maximum atomic E-state index is 4.00. The zero-order valence-electron chi connectivity index (χ0n) is 9.19. The average molecular weight is 168 g/mol. The van der Waals surface area contributed by atoms with Crippen molar-refractivity contribution < 1.29 is 0 Å². The summed E-state index contributed by atoms with van der Waals surface area (Å²) in [5.41, 5.74) is 1.40. The first-order valence-electron chi connectivity index (χ1n) is 5.35. The summed E-state index contributed by atoms with van der Waals surface area (Å²) in [4.78, 5) is 0. The quantitative estimate of drug-likeness (QED) is 0.509. The van der Waals surface area contributed by atoms with Crippen LogP contribution in [-0.4, -0.2) is 0 Å². The molecule has 0 radical (unpaired) electrons. The molecule has 0 saturated heterocycles. The fourth-order valence-corrected chi connectivity index (χ4v) is 1.75. The Morgan fingerprint density at radius 3 is 1.83 bits per heavy atom. The molecule has 72 valence electrons. The highest BCUT2D eigenvalue weighted by atomic mass is 14.2. The number of hydrogen-bond donors (Lipinski definition) is 0. The molecule has 1 saturated carbocycles. The first-order chi connectivity index (χ1) is 5.70. The number of hydrogen-bond acceptors (Lipinski definition) is 0. The average Bonchev–Trinajstić information content (AvgIpc) is 2.09. The molecule has 0 nitrogen and oxygen atoms in total. The van der Waals surface area contributed by atoms with Gasteiger partial charge >= 0.3 is 0 Å². The first-order valence-corrected chi connectivity index (χ1v) is 5.35. The lowest BCUT2D eigenvalue weighted by molar-refractivity contribution is 0.321. The highest BCUT2D eigenvalue weighted by Crippen LogP contribution is 2.31. The molecular formula is C12H24. The second-order valence-corrected chi connectivity index (χ2v) is 3.80. The first kappa shape index (κ1) is 11.7. The van der Waals surface area contributed by atoms with Gasteiger partial charge in [-0.3, -0.25) is 0 Å². The third kappa shape index (κ3) is 3.94. The molecule has 0 unspecified atom stereocenters. The Hall–Kier alpha value is -0.260. The van der Waals surface area contributed by atoms with E-state index in [0.717, 1.165) is 11.8 Å².